The van der Waals surface area contributed by atoms with E-state index >= 15 is 0 Å². The van der Waals surface area contributed by atoms with E-state index in [0.29, 0.717) is 19.4 Å². The number of rotatable bonds is 39. The third-order valence-corrected chi connectivity index (χ3v) is 8.93. The molecule has 0 saturated heterocycles. The summed E-state index contributed by atoms with van der Waals surface area (Å²) in [5, 5.41) is 0. The van der Waals surface area contributed by atoms with Gasteiger partial charge in [-0.2, -0.15) is 0 Å². The molecule has 54 heavy (non-hydrogen) atoms. The average molecular weight is 751 g/mol. The third kappa shape index (κ3) is 41.8. The molecule has 0 aromatic rings. The number of hydrogen-bond acceptors (Lipinski definition) is 5. The molecule has 0 aromatic carbocycles. The average Bonchev–Trinajstić information content (AvgIpc) is 3.17. The molecule has 308 valence electrons. The van der Waals surface area contributed by atoms with Crippen LogP contribution >= 0.6 is 0 Å². The van der Waals surface area contributed by atoms with E-state index in [-0.39, 0.29) is 25.2 Å². The minimum atomic E-state index is -0.564. The van der Waals surface area contributed by atoms with Gasteiger partial charge in [-0.3, -0.25) is 9.59 Å². The summed E-state index contributed by atoms with van der Waals surface area (Å²) in [7, 11) is 0. The highest BCUT2D eigenvalue weighted by Gasteiger charge is 2.17. The Balaban J connectivity index is 4.35. The van der Waals surface area contributed by atoms with Gasteiger partial charge in [-0.25, -0.2) is 0 Å². The maximum atomic E-state index is 12.7. The molecular formula is C49H82O5. The summed E-state index contributed by atoms with van der Waals surface area (Å²) < 4.78 is 17.2. The molecule has 0 radical (unpaired) electrons. The molecule has 0 aromatic heterocycles. The topological polar surface area (TPSA) is 61.8 Å². The Morgan fingerprint density at radius 1 is 0.426 bits per heavy atom. The first kappa shape index (κ1) is 51.1. The molecule has 5 heteroatoms. The van der Waals surface area contributed by atoms with E-state index in [4.69, 9.17) is 14.2 Å². The highest BCUT2D eigenvalue weighted by atomic mass is 16.6. The normalized spacial score (nSPS) is 13.0. The summed E-state index contributed by atoms with van der Waals surface area (Å²) in [6, 6.07) is 0. The monoisotopic (exact) mass is 751 g/mol. The lowest BCUT2D eigenvalue weighted by Crippen LogP contribution is -2.30. The number of carbonyl (C=O) groups is 2. The van der Waals surface area contributed by atoms with Crippen LogP contribution in [-0.4, -0.2) is 37.9 Å². The summed E-state index contributed by atoms with van der Waals surface area (Å²) in [6.07, 6.45) is 57.3. The lowest BCUT2D eigenvalue weighted by molar-refractivity contribution is -0.163. The SMILES string of the molecule is CC/C=C\C/C=C\C/C=C\C/C=C\CCCCC(=O)OCC(COCCCCCC/C=C\C/C=C\C/C=C\CC)OC(=O)CCCCCCCCCCC. The fraction of sp³-hybridized carbons (Fsp3) is 0.673. The van der Waals surface area contributed by atoms with Crippen LogP contribution in [0.4, 0.5) is 0 Å². The van der Waals surface area contributed by atoms with Gasteiger partial charge in [-0.05, 0) is 89.9 Å². The number of esters is 2. The van der Waals surface area contributed by atoms with E-state index in [0.717, 1.165) is 103 Å². The van der Waals surface area contributed by atoms with Crippen LogP contribution in [0.5, 0.6) is 0 Å². The molecule has 0 bridgehead atoms. The lowest BCUT2D eigenvalue weighted by atomic mass is 10.1. The molecule has 1 atom stereocenters. The summed E-state index contributed by atoms with van der Waals surface area (Å²) in [4.78, 5) is 25.2. The Kier molecular flexibility index (Phi) is 42.1. The number of ether oxygens (including phenoxy) is 3. The first-order valence-electron chi connectivity index (χ1n) is 22.1. The van der Waals surface area contributed by atoms with Gasteiger partial charge in [0.25, 0.3) is 0 Å². The molecule has 1 unspecified atom stereocenters. The van der Waals surface area contributed by atoms with Gasteiger partial charge in [0.15, 0.2) is 6.10 Å². The Morgan fingerprint density at radius 2 is 0.833 bits per heavy atom. The first-order valence-corrected chi connectivity index (χ1v) is 22.1. The lowest BCUT2D eigenvalue weighted by Gasteiger charge is -2.18. The van der Waals surface area contributed by atoms with Crippen molar-refractivity contribution in [1.29, 1.82) is 0 Å². The van der Waals surface area contributed by atoms with Crippen LogP contribution in [0.25, 0.3) is 0 Å². The van der Waals surface area contributed by atoms with Crippen molar-refractivity contribution in [2.24, 2.45) is 0 Å². The minimum absolute atomic E-state index is 0.0517. The van der Waals surface area contributed by atoms with Crippen molar-refractivity contribution < 1.29 is 23.8 Å². The zero-order chi connectivity index (χ0) is 39.3. The van der Waals surface area contributed by atoms with E-state index < -0.39 is 6.10 Å². The van der Waals surface area contributed by atoms with Crippen molar-refractivity contribution in [1.82, 2.24) is 0 Å². The Morgan fingerprint density at radius 3 is 1.37 bits per heavy atom. The Labute approximate surface area is 333 Å². The fourth-order valence-corrected chi connectivity index (χ4v) is 5.69. The Bertz CT molecular complexity index is 1030. The van der Waals surface area contributed by atoms with Gasteiger partial charge in [-0.15, -0.1) is 0 Å². The van der Waals surface area contributed by atoms with Crippen molar-refractivity contribution in [3.8, 4) is 0 Å². The van der Waals surface area contributed by atoms with E-state index in [9.17, 15) is 9.59 Å². The zero-order valence-electron chi connectivity index (χ0n) is 35.2. The first-order chi connectivity index (χ1) is 26.6. The standard InChI is InChI=1S/C49H82O5/c1-4-7-10-13-16-19-21-23-25-26-28-31-33-36-39-42-48(50)53-46-47(54-49(51)43-40-37-34-30-18-15-12-9-6-3)45-52-44-41-38-35-32-29-27-24-22-20-17-14-11-8-5-2/h7-8,10-11,16-17,19-20,23-25,27-28,31,47H,4-6,9,12-15,18,21-22,26,29-30,32-46H2,1-3H3/b10-7-,11-8-,19-16-,20-17-,25-23-,27-24-,31-28-. The van der Waals surface area contributed by atoms with Gasteiger partial charge in [0.2, 0.25) is 0 Å². The van der Waals surface area contributed by atoms with Gasteiger partial charge < -0.3 is 14.2 Å². The smallest absolute Gasteiger partial charge is 0.306 e. The highest BCUT2D eigenvalue weighted by molar-refractivity contribution is 5.70. The second kappa shape index (κ2) is 44.5. The van der Waals surface area contributed by atoms with Crippen LogP contribution < -0.4 is 0 Å². The molecule has 0 fully saturated rings. The molecule has 0 aliphatic rings. The van der Waals surface area contributed by atoms with E-state index in [1.54, 1.807) is 0 Å². The molecule has 0 N–H and O–H groups in total. The second-order valence-electron chi connectivity index (χ2n) is 14.2. The van der Waals surface area contributed by atoms with Crippen molar-refractivity contribution >= 4 is 11.9 Å². The van der Waals surface area contributed by atoms with Crippen LogP contribution in [0.3, 0.4) is 0 Å². The van der Waals surface area contributed by atoms with Gasteiger partial charge in [0.05, 0.1) is 6.61 Å². The second-order valence-corrected chi connectivity index (χ2v) is 14.2. The molecule has 0 aliphatic carbocycles. The van der Waals surface area contributed by atoms with E-state index in [2.05, 4.69) is 106 Å². The number of carbonyl (C=O) groups excluding carboxylic acids is 2. The van der Waals surface area contributed by atoms with E-state index in [1.165, 1.54) is 51.4 Å². The van der Waals surface area contributed by atoms with Crippen molar-refractivity contribution in [3.05, 3.63) is 85.1 Å². The molecular weight excluding hydrogens is 669 g/mol. The largest absolute Gasteiger partial charge is 0.462 e. The number of allylic oxidation sites excluding steroid dienone is 14. The van der Waals surface area contributed by atoms with Crippen molar-refractivity contribution in [2.75, 3.05) is 19.8 Å². The predicted octanol–water partition coefficient (Wildman–Crippen LogP) is 14.6. The van der Waals surface area contributed by atoms with Crippen molar-refractivity contribution in [2.45, 2.75) is 194 Å². The van der Waals surface area contributed by atoms with Crippen LogP contribution in [0.15, 0.2) is 85.1 Å². The van der Waals surface area contributed by atoms with Gasteiger partial charge in [0.1, 0.15) is 6.61 Å². The summed E-state index contributed by atoms with van der Waals surface area (Å²) in [5.41, 5.74) is 0. The molecule has 0 heterocycles. The zero-order valence-corrected chi connectivity index (χ0v) is 35.2. The molecule has 0 amide bonds. The van der Waals surface area contributed by atoms with Crippen LogP contribution in [0.2, 0.25) is 0 Å². The Hall–Kier alpha value is -2.92. The molecule has 0 aliphatic heterocycles. The maximum absolute atomic E-state index is 12.7. The molecule has 5 nitrogen and oxygen atoms in total. The van der Waals surface area contributed by atoms with Gasteiger partial charge in [0, 0.05) is 19.4 Å². The summed E-state index contributed by atoms with van der Waals surface area (Å²) in [5.74, 6) is -0.466. The summed E-state index contributed by atoms with van der Waals surface area (Å²) >= 11 is 0. The number of unbranched alkanes of at least 4 members (excludes halogenated alkanes) is 14. The summed E-state index contributed by atoms with van der Waals surface area (Å²) in [6.45, 7) is 7.47. The minimum Gasteiger partial charge on any atom is -0.462 e. The van der Waals surface area contributed by atoms with Crippen LogP contribution in [-0.2, 0) is 23.8 Å². The van der Waals surface area contributed by atoms with Crippen molar-refractivity contribution in [3.63, 3.8) is 0 Å². The predicted molar refractivity (Wildman–Crippen MR) is 233 cm³/mol. The number of hydrogen-bond donors (Lipinski definition) is 0. The fourth-order valence-electron chi connectivity index (χ4n) is 5.69. The molecule has 0 spiro atoms. The molecule has 0 saturated carbocycles. The van der Waals surface area contributed by atoms with E-state index in [1.807, 2.05) is 0 Å². The van der Waals surface area contributed by atoms with Crippen LogP contribution in [0.1, 0.15) is 188 Å². The van der Waals surface area contributed by atoms with Crippen LogP contribution in [0, 0.1) is 0 Å². The molecule has 0 rings (SSSR count). The van der Waals surface area contributed by atoms with Gasteiger partial charge >= 0.3 is 11.9 Å². The highest BCUT2D eigenvalue weighted by Crippen LogP contribution is 2.12. The van der Waals surface area contributed by atoms with Gasteiger partial charge in [-0.1, -0.05) is 170 Å². The third-order valence-electron chi connectivity index (χ3n) is 8.93. The quantitative estimate of drug-likeness (QED) is 0.0356. The maximum Gasteiger partial charge on any atom is 0.306 e.